The zero-order valence-corrected chi connectivity index (χ0v) is 15.1. The summed E-state index contributed by atoms with van der Waals surface area (Å²) >= 11 is 0. The first-order valence-corrected chi connectivity index (χ1v) is 8.08. The average Bonchev–Trinajstić information content (AvgIpc) is 2.45. The molecule has 0 unspecified atom stereocenters. The largest absolute Gasteiger partial charge is 0.256 e. The molecule has 0 spiro atoms. The zero-order chi connectivity index (χ0) is 17.5. The Hall–Kier alpha value is -1.50. The number of rotatable bonds is 2. The maximum atomic E-state index is 6.40. The number of hydrogen-bond acceptors (Lipinski definition) is 1. The van der Waals surface area contributed by atoms with Gasteiger partial charge in [-0.3, -0.25) is 4.98 Å². The lowest BCUT2D eigenvalue weighted by atomic mass is 9.41. The molecular weight excluding hydrogens is 276 g/mol. The summed E-state index contributed by atoms with van der Waals surface area (Å²) in [6.45, 7) is 12.7. The Kier molecular flexibility index (Phi) is 4.54. The summed E-state index contributed by atoms with van der Waals surface area (Å²) in [7, 11) is 12.8. The van der Waals surface area contributed by atoms with Gasteiger partial charge in [0.25, 0.3) is 0 Å². The van der Waals surface area contributed by atoms with Crippen molar-refractivity contribution in [3.8, 4) is 11.3 Å². The fraction of sp³-hybridized carbons (Fsp3) is 0.450. The van der Waals surface area contributed by atoms with Crippen molar-refractivity contribution >= 4 is 15.7 Å². The van der Waals surface area contributed by atoms with Crippen LogP contribution in [-0.4, -0.2) is 20.7 Å². The molecule has 0 aliphatic carbocycles. The molecule has 3 heteroatoms. The Balaban J connectivity index is 2.41. The predicted molar refractivity (Wildman–Crippen MR) is 101 cm³/mol. The van der Waals surface area contributed by atoms with E-state index in [4.69, 9.17) is 15.7 Å². The molecule has 0 saturated heterocycles. The third-order valence-electron chi connectivity index (χ3n) is 4.51. The van der Waals surface area contributed by atoms with E-state index in [0.29, 0.717) is 0 Å². The van der Waals surface area contributed by atoms with E-state index in [9.17, 15) is 0 Å². The first-order chi connectivity index (χ1) is 10.4. The molecule has 0 saturated carbocycles. The predicted octanol–water partition coefficient (Wildman–Crippen LogP) is 4.58. The van der Waals surface area contributed by atoms with Gasteiger partial charge in [-0.2, -0.15) is 0 Å². The van der Waals surface area contributed by atoms with E-state index in [2.05, 4.69) is 58.7 Å². The Morgan fingerprint density at radius 1 is 0.826 bits per heavy atom. The smallest absolute Gasteiger partial charge is 0.0702 e. The van der Waals surface area contributed by atoms with E-state index >= 15 is 0 Å². The first-order valence-electron chi connectivity index (χ1n) is 8.08. The van der Waals surface area contributed by atoms with Crippen LogP contribution in [-0.2, 0) is 10.6 Å². The zero-order valence-electron chi connectivity index (χ0n) is 15.1. The van der Waals surface area contributed by atoms with Gasteiger partial charge in [0.15, 0.2) is 0 Å². The van der Waals surface area contributed by atoms with E-state index in [1.54, 1.807) is 0 Å². The molecule has 1 aromatic carbocycles. The Bertz CT molecular complexity index is 674. The lowest BCUT2D eigenvalue weighted by molar-refractivity contribution is 0.358. The van der Waals surface area contributed by atoms with Crippen LogP contribution in [0.4, 0.5) is 0 Å². The second-order valence-electron chi connectivity index (χ2n) is 8.38. The summed E-state index contributed by atoms with van der Waals surface area (Å²) < 4.78 is 0. The molecule has 0 N–H and O–H groups in total. The van der Waals surface area contributed by atoms with Crippen molar-refractivity contribution in [3.63, 3.8) is 0 Å². The van der Waals surface area contributed by atoms with E-state index < -0.39 is 5.21 Å². The molecule has 4 radical (unpaired) electrons. The Morgan fingerprint density at radius 2 is 1.48 bits per heavy atom. The second kappa shape index (κ2) is 5.85. The van der Waals surface area contributed by atoms with Crippen LogP contribution in [0.25, 0.3) is 11.3 Å². The summed E-state index contributed by atoms with van der Waals surface area (Å²) in [5.41, 5.74) is 3.97. The lowest BCUT2D eigenvalue weighted by Crippen LogP contribution is -2.41. The van der Waals surface area contributed by atoms with Crippen LogP contribution in [0.3, 0.4) is 0 Å². The molecule has 0 aliphatic heterocycles. The van der Waals surface area contributed by atoms with Gasteiger partial charge in [0.05, 0.1) is 21.4 Å². The average molecular weight is 301 g/mol. The van der Waals surface area contributed by atoms with E-state index in [0.717, 1.165) is 16.8 Å². The van der Waals surface area contributed by atoms with Crippen LogP contribution in [0.2, 0.25) is 0 Å². The molecule has 2 rings (SSSR count). The number of nitrogens with zero attached hydrogens (tertiary/aromatic N) is 1. The van der Waals surface area contributed by atoms with Crippen molar-refractivity contribution in [1.82, 2.24) is 4.98 Å². The van der Waals surface area contributed by atoms with Crippen LogP contribution in [0.1, 0.15) is 52.7 Å². The minimum Gasteiger partial charge on any atom is -0.256 e. The highest BCUT2D eigenvalue weighted by Crippen LogP contribution is 2.37. The van der Waals surface area contributed by atoms with Gasteiger partial charge in [0.2, 0.25) is 0 Å². The van der Waals surface area contributed by atoms with Crippen molar-refractivity contribution in [3.05, 3.63) is 53.7 Å². The number of hydrogen-bond donors (Lipinski definition) is 0. The van der Waals surface area contributed by atoms with Crippen LogP contribution in [0, 0.1) is 5.41 Å². The standard InChI is InChI=1S/C20H25B2N/c1-18(2,3)16-10-11-17(23-13-16)14-8-7-9-15(12-14)20(21,22)19(4,5)6/h7-13H,1-6H3. The molecule has 0 aliphatic rings. The summed E-state index contributed by atoms with van der Waals surface area (Å²) in [5.74, 6) is 0. The summed E-state index contributed by atoms with van der Waals surface area (Å²) in [6, 6.07) is 12.3. The maximum Gasteiger partial charge on any atom is 0.0702 e. The van der Waals surface area contributed by atoms with Crippen LogP contribution >= 0.6 is 0 Å². The molecule has 0 amide bonds. The van der Waals surface area contributed by atoms with Crippen molar-refractivity contribution in [2.24, 2.45) is 5.41 Å². The third-order valence-corrected chi connectivity index (χ3v) is 4.51. The molecule has 116 valence electrons. The fourth-order valence-corrected chi connectivity index (χ4v) is 2.38. The van der Waals surface area contributed by atoms with Gasteiger partial charge in [0.1, 0.15) is 0 Å². The van der Waals surface area contributed by atoms with Gasteiger partial charge in [-0.1, -0.05) is 82.7 Å². The topological polar surface area (TPSA) is 12.9 Å². The molecule has 0 atom stereocenters. The highest BCUT2D eigenvalue weighted by Gasteiger charge is 2.33. The van der Waals surface area contributed by atoms with Crippen molar-refractivity contribution in [2.45, 2.75) is 52.2 Å². The number of aromatic nitrogens is 1. The summed E-state index contributed by atoms with van der Waals surface area (Å²) in [4.78, 5) is 4.62. The van der Waals surface area contributed by atoms with E-state index in [-0.39, 0.29) is 10.8 Å². The summed E-state index contributed by atoms with van der Waals surface area (Å²) in [5, 5.41) is -0.894. The lowest BCUT2D eigenvalue weighted by Gasteiger charge is -2.41. The van der Waals surface area contributed by atoms with Gasteiger partial charge in [-0.05, 0) is 22.5 Å². The van der Waals surface area contributed by atoms with Crippen LogP contribution < -0.4 is 0 Å². The molecule has 1 aromatic heterocycles. The molecule has 1 nitrogen and oxygen atoms in total. The molecular formula is C20H25B2N. The highest BCUT2D eigenvalue weighted by molar-refractivity contribution is 6.40. The first kappa shape index (κ1) is 17.8. The third kappa shape index (κ3) is 3.71. The van der Waals surface area contributed by atoms with Crippen molar-refractivity contribution in [1.29, 1.82) is 0 Å². The van der Waals surface area contributed by atoms with Crippen molar-refractivity contribution < 1.29 is 0 Å². The second-order valence-corrected chi connectivity index (χ2v) is 8.38. The normalized spacial score (nSPS) is 13.1. The van der Waals surface area contributed by atoms with Crippen LogP contribution in [0.15, 0.2) is 42.6 Å². The quantitative estimate of drug-likeness (QED) is 0.740. The van der Waals surface area contributed by atoms with Gasteiger partial charge in [-0.25, -0.2) is 0 Å². The molecule has 23 heavy (non-hydrogen) atoms. The monoisotopic (exact) mass is 301 g/mol. The Morgan fingerprint density at radius 3 is 1.96 bits per heavy atom. The van der Waals surface area contributed by atoms with Crippen molar-refractivity contribution in [2.75, 3.05) is 0 Å². The minimum absolute atomic E-state index is 0.100. The van der Waals surface area contributed by atoms with Gasteiger partial charge >= 0.3 is 0 Å². The SMILES string of the molecule is [B]C([B])(c1cccc(-c2ccc(C(C)(C)C)cn2)c1)C(C)(C)C. The molecule has 0 fully saturated rings. The fourth-order valence-electron chi connectivity index (χ4n) is 2.38. The molecule has 0 bridgehead atoms. The van der Waals surface area contributed by atoms with Gasteiger partial charge in [-0.15, -0.1) is 0 Å². The summed E-state index contributed by atoms with van der Waals surface area (Å²) in [6.07, 6.45) is 1.95. The molecule has 2 aromatic rings. The minimum atomic E-state index is -0.894. The number of pyridine rings is 1. The molecule has 1 heterocycles. The van der Waals surface area contributed by atoms with E-state index in [1.165, 1.54) is 5.56 Å². The Labute approximate surface area is 143 Å². The van der Waals surface area contributed by atoms with Crippen LogP contribution in [0.5, 0.6) is 0 Å². The highest BCUT2D eigenvalue weighted by atomic mass is 14.7. The number of benzene rings is 1. The van der Waals surface area contributed by atoms with E-state index in [1.807, 2.05) is 30.5 Å². The van der Waals surface area contributed by atoms with Gasteiger partial charge in [0, 0.05) is 11.8 Å². The van der Waals surface area contributed by atoms with Gasteiger partial charge < -0.3 is 0 Å². The maximum absolute atomic E-state index is 6.40.